The summed E-state index contributed by atoms with van der Waals surface area (Å²) in [6, 6.07) is 2.67. The number of esters is 1. The SMILES string of the molecule is COC(=O)c1nccc2nc(N3C4COCC3C4)sc12. The van der Waals surface area contributed by atoms with E-state index in [0.717, 1.165) is 35.0 Å². The molecule has 0 radical (unpaired) electrons. The average Bonchev–Trinajstić information content (AvgIpc) is 2.89. The lowest BCUT2D eigenvalue weighted by molar-refractivity contribution is 0.0103. The summed E-state index contributed by atoms with van der Waals surface area (Å²) in [4.78, 5) is 22.8. The van der Waals surface area contributed by atoms with Gasteiger partial charge in [0.25, 0.3) is 0 Å². The van der Waals surface area contributed by atoms with Crippen LogP contribution in [-0.4, -0.2) is 48.3 Å². The zero-order chi connectivity index (χ0) is 13.7. The van der Waals surface area contributed by atoms with E-state index in [-0.39, 0.29) is 0 Å². The van der Waals surface area contributed by atoms with Gasteiger partial charge in [-0.3, -0.25) is 0 Å². The molecule has 0 aromatic carbocycles. The maximum atomic E-state index is 11.7. The predicted octanol–water partition coefficient (Wildman–Crippen LogP) is 1.46. The Morgan fingerprint density at radius 3 is 3.00 bits per heavy atom. The molecule has 0 aliphatic carbocycles. The monoisotopic (exact) mass is 291 g/mol. The van der Waals surface area contributed by atoms with Gasteiger partial charge in [0, 0.05) is 6.20 Å². The van der Waals surface area contributed by atoms with Crippen LogP contribution in [0.25, 0.3) is 10.2 Å². The molecule has 2 aliphatic heterocycles. The number of aromatic nitrogens is 2. The fourth-order valence-electron chi connectivity index (χ4n) is 2.85. The van der Waals surface area contributed by atoms with Crippen molar-refractivity contribution >= 4 is 32.7 Å². The van der Waals surface area contributed by atoms with E-state index < -0.39 is 5.97 Å². The Labute approximate surface area is 119 Å². The lowest BCUT2D eigenvalue weighted by Gasteiger charge is -2.52. The van der Waals surface area contributed by atoms with E-state index in [1.807, 2.05) is 6.07 Å². The van der Waals surface area contributed by atoms with Gasteiger partial charge in [-0.05, 0) is 12.5 Å². The number of carbonyl (C=O) groups is 1. The van der Waals surface area contributed by atoms with Crippen LogP contribution in [0.1, 0.15) is 16.9 Å². The average molecular weight is 291 g/mol. The van der Waals surface area contributed by atoms with Crippen molar-refractivity contribution in [3.05, 3.63) is 18.0 Å². The molecule has 6 nitrogen and oxygen atoms in total. The van der Waals surface area contributed by atoms with Crippen molar-refractivity contribution in [2.45, 2.75) is 18.5 Å². The highest BCUT2D eigenvalue weighted by Crippen LogP contribution is 2.40. The zero-order valence-corrected chi connectivity index (χ0v) is 11.7. The lowest BCUT2D eigenvalue weighted by Crippen LogP contribution is -2.64. The van der Waals surface area contributed by atoms with E-state index >= 15 is 0 Å². The molecular weight excluding hydrogens is 278 g/mol. The molecule has 0 spiro atoms. The molecule has 2 bridgehead atoms. The van der Waals surface area contributed by atoms with Crippen LogP contribution < -0.4 is 4.90 Å². The number of anilines is 1. The highest BCUT2D eigenvalue weighted by molar-refractivity contribution is 7.22. The smallest absolute Gasteiger partial charge is 0.358 e. The summed E-state index contributed by atoms with van der Waals surface area (Å²) < 4.78 is 11.1. The molecule has 2 aromatic heterocycles. The van der Waals surface area contributed by atoms with Crippen molar-refractivity contribution in [2.75, 3.05) is 25.2 Å². The van der Waals surface area contributed by atoms with E-state index in [1.54, 1.807) is 6.20 Å². The molecular formula is C13H13N3O3S. The summed E-state index contributed by atoms with van der Waals surface area (Å²) in [6.45, 7) is 1.52. The van der Waals surface area contributed by atoms with E-state index in [2.05, 4.69) is 14.9 Å². The Bertz CT molecular complexity index is 673. The zero-order valence-electron chi connectivity index (χ0n) is 10.9. The molecule has 104 valence electrons. The first-order valence-electron chi connectivity index (χ1n) is 6.48. The number of rotatable bonds is 2. The van der Waals surface area contributed by atoms with Gasteiger partial charge in [-0.1, -0.05) is 11.3 Å². The molecule has 20 heavy (non-hydrogen) atoms. The Hall–Kier alpha value is -1.73. The summed E-state index contributed by atoms with van der Waals surface area (Å²) in [5, 5.41) is 0.947. The summed E-state index contributed by atoms with van der Waals surface area (Å²) in [5.74, 6) is -0.419. The number of pyridine rings is 1. The second-order valence-corrected chi connectivity index (χ2v) is 5.96. The number of fused-ring (bicyclic) bond motifs is 3. The minimum absolute atomic E-state index is 0.343. The standard InChI is InChI=1S/C13H13N3O3S/c1-18-12(17)10-11-9(2-3-14-10)15-13(20-11)16-7-4-8(16)6-19-5-7/h2-3,7-8H,4-6H2,1H3. The van der Waals surface area contributed by atoms with Crippen LogP contribution in [0, 0.1) is 0 Å². The van der Waals surface area contributed by atoms with Gasteiger partial charge in [-0.25, -0.2) is 14.8 Å². The molecule has 4 rings (SSSR count). The van der Waals surface area contributed by atoms with Crippen LogP contribution in [0.5, 0.6) is 0 Å². The molecule has 0 amide bonds. The normalized spacial score (nSPS) is 24.6. The van der Waals surface area contributed by atoms with Gasteiger partial charge < -0.3 is 14.4 Å². The van der Waals surface area contributed by atoms with Gasteiger partial charge >= 0.3 is 5.97 Å². The molecule has 0 N–H and O–H groups in total. The van der Waals surface area contributed by atoms with Gasteiger partial charge in [0.1, 0.15) is 0 Å². The third kappa shape index (κ3) is 1.63. The summed E-state index contributed by atoms with van der Waals surface area (Å²) >= 11 is 1.50. The van der Waals surface area contributed by atoms with Crippen LogP contribution in [0.4, 0.5) is 5.13 Å². The number of methoxy groups -OCH3 is 1. The third-order valence-electron chi connectivity index (χ3n) is 3.84. The molecule has 2 atom stereocenters. The first-order valence-corrected chi connectivity index (χ1v) is 7.29. The molecule has 2 unspecified atom stereocenters. The summed E-state index contributed by atoms with van der Waals surface area (Å²) in [5.41, 5.74) is 1.14. The quantitative estimate of drug-likeness (QED) is 0.780. The number of hydrogen-bond acceptors (Lipinski definition) is 7. The Kier molecular flexibility index (Phi) is 2.64. The van der Waals surface area contributed by atoms with E-state index in [4.69, 9.17) is 9.47 Å². The second-order valence-electron chi connectivity index (χ2n) is 4.98. The second kappa shape index (κ2) is 4.39. The number of hydrogen-bond donors (Lipinski definition) is 0. The largest absolute Gasteiger partial charge is 0.464 e. The van der Waals surface area contributed by atoms with Crippen LogP contribution in [-0.2, 0) is 9.47 Å². The van der Waals surface area contributed by atoms with Crippen molar-refractivity contribution in [1.82, 2.24) is 9.97 Å². The van der Waals surface area contributed by atoms with Crippen molar-refractivity contribution in [1.29, 1.82) is 0 Å². The number of nitrogens with zero attached hydrogens (tertiary/aromatic N) is 3. The number of ether oxygens (including phenoxy) is 2. The number of morpholine rings is 1. The summed E-state index contributed by atoms with van der Waals surface area (Å²) in [7, 11) is 1.36. The predicted molar refractivity (Wildman–Crippen MR) is 74.2 cm³/mol. The van der Waals surface area contributed by atoms with Crippen LogP contribution in [0.15, 0.2) is 12.3 Å². The molecule has 2 fully saturated rings. The fourth-order valence-corrected chi connectivity index (χ4v) is 4.03. The van der Waals surface area contributed by atoms with Crippen molar-refractivity contribution in [3.63, 3.8) is 0 Å². The minimum Gasteiger partial charge on any atom is -0.464 e. The lowest BCUT2D eigenvalue weighted by atomic mass is 9.92. The molecule has 2 aromatic rings. The first kappa shape index (κ1) is 12.0. The number of thiazole rings is 1. The third-order valence-corrected chi connectivity index (χ3v) is 4.94. The fraction of sp³-hybridized carbons (Fsp3) is 0.462. The highest BCUT2D eigenvalue weighted by atomic mass is 32.1. The minimum atomic E-state index is -0.419. The topological polar surface area (TPSA) is 64.5 Å². The molecule has 4 heterocycles. The Morgan fingerprint density at radius 1 is 1.50 bits per heavy atom. The van der Waals surface area contributed by atoms with Crippen LogP contribution in [0.2, 0.25) is 0 Å². The van der Waals surface area contributed by atoms with Gasteiger partial charge in [0.2, 0.25) is 0 Å². The van der Waals surface area contributed by atoms with Gasteiger partial charge in [0.15, 0.2) is 10.8 Å². The van der Waals surface area contributed by atoms with Crippen LogP contribution in [0.3, 0.4) is 0 Å². The maximum Gasteiger partial charge on any atom is 0.358 e. The maximum absolute atomic E-state index is 11.7. The summed E-state index contributed by atoms with van der Waals surface area (Å²) in [6.07, 6.45) is 2.76. The Balaban J connectivity index is 1.77. The molecule has 7 heteroatoms. The van der Waals surface area contributed by atoms with Gasteiger partial charge in [-0.2, -0.15) is 0 Å². The van der Waals surface area contributed by atoms with Crippen LogP contribution >= 0.6 is 11.3 Å². The molecule has 0 saturated carbocycles. The molecule has 2 saturated heterocycles. The highest BCUT2D eigenvalue weighted by Gasteiger charge is 2.43. The Morgan fingerprint density at radius 2 is 2.30 bits per heavy atom. The first-order chi connectivity index (χ1) is 9.78. The van der Waals surface area contributed by atoms with E-state index in [9.17, 15) is 4.79 Å². The van der Waals surface area contributed by atoms with Gasteiger partial charge in [-0.15, -0.1) is 0 Å². The van der Waals surface area contributed by atoms with E-state index in [1.165, 1.54) is 18.4 Å². The van der Waals surface area contributed by atoms with E-state index in [0.29, 0.717) is 17.8 Å². The molecule has 2 aliphatic rings. The van der Waals surface area contributed by atoms with Crippen molar-refractivity contribution in [2.24, 2.45) is 0 Å². The number of carbonyl (C=O) groups excluding carboxylic acids is 1. The van der Waals surface area contributed by atoms with Crippen molar-refractivity contribution in [3.8, 4) is 0 Å². The van der Waals surface area contributed by atoms with Crippen molar-refractivity contribution < 1.29 is 14.3 Å². The van der Waals surface area contributed by atoms with Gasteiger partial charge in [0.05, 0.1) is 42.6 Å².